The minimum Gasteiger partial charge on any atom is -0.345 e. The van der Waals surface area contributed by atoms with Gasteiger partial charge in [-0.2, -0.15) is 5.26 Å². The zero-order valence-corrected chi connectivity index (χ0v) is 12.5. The van der Waals surface area contributed by atoms with Gasteiger partial charge in [-0.15, -0.1) is 0 Å². The molecule has 0 aliphatic heterocycles. The average Bonchev–Trinajstić information content (AvgIpc) is 2.50. The summed E-state index contributed by atoms with van der Waals surface area (Å²) in [5, 5.41) is 12.9. The van der Waals surface area contributed by atoms with Gasteiger partial charge >= 0.3 is 0 Å². The van der Waals surface area contributed by atoms with Gasteiger partial charge in [-0.05, 0) is 37.2 Å². The number of benzene rings is 1. The van der Waals surface area contributed by atoms with E-state index in [9.17, 15) is 0 Å². The fraction of sp³-hybridized carbons (Fsp3) is 0.500. The fourth-order valence-electron chi connectivity index (χ4n) is 2.73. The summed E-state index contributed by atoms with van der Waals surface area (Å²) in [6.07, 6.45) is 6.74. The highest BCUT2D eigenvalue weighted by Gasteiger charge is 2.22. The molecule has 0 radical (unpaired) electrons. The largest absolute Gasteiger partial charge is 0.345 e. The number of nitrogens with one attached hydrogen (secondary N) is 1. The molecular formula is C16H21N3S. The molecule has 0 heterocycles. The molecule has 0 aromatic heterocycles. The van der Waals surface area contributed by atoms with Crippen LogP contribution in [-0.4, -0.2) is 22.6 Å². The number of hydrogen-bond donors (Lipinski definition) is 1. The van der Waals surface area contributed by atoms with Crippen molar-refractivity contribution in [2.24, 2.45) is 0 Å². The Kier molecular flexibility index (Phi) is 5.82. The minimum atomic E-state index is 0.487. The molecule has 1 aliphatic rings. The van der Waals surface area contributed by atoms with Crippen LogP contribution < -0.4 is 5.32 Å². The number of hydrogen-bond acceptors (Lipinski definition) is 2. The van der Waals surface area contributed by atoms with Gasteiger partial charge in [0.25, 0.3) is 0 Å². The van der Waals surface area contributed by atoms with Crippen LogP contribution in [0.3, 0.4) is 0 Å². The summed E-state index contributed by atoms with van der Waals surface area (Å²) >= 11 is 5.56. The van der Waals surface area contributed by atoms with Crippen LogP contribution in [0, 0.1) is 11.3 Å². The third-order valence-corrected chi connectivity index (χ3v) is 4.10. The van der Waals surface area contributed by atoms with Gasteiger partial charge in [0, 0.05) is 18.3 Å². The minimum absolute atomic E-state index is 0.487. The molecule has 0 bridgehead atoms. The van der Waals surface area contributed by atoms with Crippen molar-refractivity contribution in [2.75, 3.05) is 11.9 Å². The van der Waals surface area contributed by atoms with Gasteiger partial charge in [0.2, 0.25) is 0 Å². The van der Waals surface area contributed by atoms with Crippen molar-refractivity contribution in [3.05, 3.63) is 30.3 Å². The van der Waals surface area contributed by atoms with Gasteiger partial charge in [0.1, 0.15) is 0 Å². The Labute approximate surface area is 126 Å². The molecule has 3 nitrogen and oxygen atoms in total. The lowest BCUT2D eigenvalue weighted by atomic mass is 9.94. The van der Waals surface area contributed by atoms with Crippen molar-refractivity contribution in [3.8, 4) is 6.07 Å². The monoisotopic (exact) mass is 287 g/mol. The topological polar surface area (TPSA) is 39.1 Å². The molecule has 1 N–H and O–H groups in total. The van der Waals surface area contributed by atoms with E-state index in [2.05, 4.69) is 16.3 Å². The Morgan fingerprint density at radius 3 is 2.60 bits per heavy atom. The highest BCUT2D eigenvalue weighted by molar-refractivity contribution is 7.80. The zero-order valence-electron chi connectivity index (χ0n) is 11.7. The summed E-state index contributed by atoms with van der Waals surface area (Å²) in [4.78, 5) is 2.21. The fourth-order valence-corrected chi connectivity index (χ4v) is 3.09. The van der Waals surface area contributed by atoms with E-state index in [1.165, 1.54) is 32.1 Å². The third-order valence-electron chi connectivity index (χ3n) is 3.77. The lowest BCUT2D eigenvalue weighted by Gasteiger charge is -2.36. The molecule has 0 atom stereocenters. The van der Waals surface area contributed by atoms with Crippen molar-refractivity contribution in [3.63, 3.8) is 0 Å². The van der Waals surface area contributed by atoms with E-state index in [0.717, 1.165) is 17.3 Å². The van der Waals surface area contributed by atoms with Crippen LogP contribution in [0.5, 0.6) is 0 Å². The molecule has 4 heteroatoms. The third kappa shape index (κ3) is 4.21. The Morgan fingerprint density at radius 2 is 1.95 bits per heavy atom. The van der Waals surface area contributed by atoms with Gasteiger partial charge in [0.15, 0.2) is 5.11 Å². The normalized spacial score (nSPS) is 15.3. The Hall–Kier alpha value is -1.60. The molecular weight excluding hydrogens is 266 g/mol. The van der Waals surface area contributed by atoms with Gasteiger partial charge in [-0.3, -0.25) is 0 Å². The van der Waals surface area contributed by atoms with Crippen LogP contribution in [0.25, 0.3) is 0 Å². The van der Waals surface area contributed by atoms with E-state index in [1.54, 1.807) is 0 Å². The summed E-state index contributed by atoms with van der Waals surface area (Å²) in [6, 6.07) is 12.7. The lowest BCUT2D eigenvalue weighted by molar-refractivity contribution is 0.250. The van der Waals surface area contributed by atoms with Crippen LogP contribution in [-0.2, 0) is 0 Å². The highest BCUT2D eigenvalue weighted by atomic mass is 32.1. The zero-order chi connectivity index (χ0) is 14.2. The molecule has 2 rings (SSSR count). The summed E-state index contributed by atoms with van der Waals surface area (Å²) < 4.78 is 0. The first-order chi connectivity index (χ1) is 9.81. The smallest absolute Gasteiger partial charge is 0.173 e. The number of thiocarbonyl (C=S) groups is 1. The van der Waals surface area contributed by atoms with E-state index < -0.39 is 0 Å². The Bertz CT molecular complexity index is 460. The molecule has 0 spiro atoms. The highest BCUT2D eigenvalue weighted by Crippen LogP contribution is 2.23. The van der Waals surface area contributed by atoms with Crippen molar-refractivity contribution in [1.82, 2.24) is 4.90 Å². The number of anilines is 1. The van der Waals surface area contributed by atoms with Crippen LogP contribution in [0.1, 0.15) is 38.5 Å². The van der Waals surface area contributed by atoms with Gasteiger partial charge < -0.3 is 10.2 Å². The molecule has 1 aromatic rings. The van der Waals surface area contributed by atoms with Gasteiger partial charge in [-0.25, -0.2) is 0 Å². The molecule has 1 aromatic carbocycles. The maximum Gasteiger partial charge on any atom is 0.173 e. The first-order valence-corrected chi connectivity index (χ1v) is 7.71. The van der Waals surface area contributed by atoms with Crippen LogP contribution in [0.2, 0.25) is 0 Å². The van der Waals surface area contributed by atoms with E-state index >= 15 is 0 Å². The second-order valence-corrected chi connectivity index (χ2v) is 5.58. The predicted molar refractivity (Wildman–Crippen MR) is 86.5 cm³/mol. The van der Waals surface area contributed by atoms with E-state index in [-0.39, 0.29) is 0 Å². The SMILES string of the molecule is N#CCCN(C(=S)Nc1ccccc1)C1CCCCC1. The summed E-state index contributed by atoms with van der Waals surface area (Å²) in [5.41, 5.74) is 1.01. The Balaban J connectivity index is 2.01. The van der Waals surface area contributed by atoms with E-state index in [0.29, 0.717) is 12.5 Å². The molecule has 1 saturated carbocycles. The van der Waals surface area contributed by atoms with Crippen LogP contribution in [0.15, 0.2) is 30.3 Å². The molecule has 0 amide bonds. The van der Waals surface area contributed by atoms with E-state index in [4.69, 9.17) is 17.5 Å². The Morgan fingerprint density at radius 1 is 1.25 bits per heavy atom. The lowest BCUT2D eigenvalue weighted by Crippen LogP contribution is -2.44. The number of nitrogens with zero attached hydrogens (tertiary/aromatic N) is 2. The number of para-hydroxylation sites is 1. The molecule has 20 heavy (non-hydrogen) atoms. The standard InChI is InChI=1S/C16H21N3S/c17-12-7-13-19(15-10-5-2-6-11-15)16(20)18-14-8-3-1-4-9-14/h1,3-4,8-9,15H,2,5-7,10-11,13H2,(H,18,20). The first kappa shape index (κ1) is 14.8. The maximum atomic E-state index is 8.84. The van der Waals surface area contributed by atoms with Crippen LogP contribution >= 0.6 is 12.2 Å². The summed E-state index contributed by atoms with van der Waals surface area (Å²) in [5.74, 6) is 0. The summed E-state index contributed by atoms with van der Waals surface area (Å²) in [7, 11) is 0. The van der Waals surface area contributed by atoms with Crippen molar-refractivity contribution >= 4 is 23.0 Å². The molecule has 0 unspecified atom stereocenters. The maximum absolute atomic E-state index is 8.84. The molecule has 1 fully saturated rings. The molecule has 106 valence electrons. The van der Waals surface area contributed by atoms with Gasteiger partial charge in [0.05, 0.1) is 12.5 Å². The first-order valence-electron chi connectivity index (χ1n) is 7.31. The molecule has 0 saturated heterocycles. The number of nitriles is 1. The second-order valence-electron chi connectivity index (χ2n) is 5.19. The second kappa shape index (κ2) is 7.86. The molecule has 1 aliphatic carbocycles. The van der Waals surface area contributed by atoms with Crippen molar-refractivity contribution < 1.29 is 0 Å². The van der Waals surface area contributed by atoms with Crippen molar-refractivity contribution in [2.45, 2.75) is 44.6 Å². The van der Waals surface area contributed by atoms with Crippen molar-refractivity contribution in [1.29, 1.82) is 5.26 Å². The summed E-state index contributed by atoms with van der Waals surface area (Å²) in [6.45, 7) is 0.722. The van der Waals surface area contributed by atoms with Crippen LogP contribution in [0.4, 0.5) is 5.69 Å². The average molecular weight is 287 g/mol. The van der Waals surface area contributed by atoms with Gasteiger partial charge in [-0.1, -0.05) is 37.5 Å². The van der Waals surface area contributed by atoms with E-state index in [1.807, 2.05) is 30.3 Å². The number of rotatable bonds is 4. The predicted octanol–water partition coefficient (Wildman–Crippen LogP) is 3.93. The quantitative estimate of drug-likeness (QED) is 0.852.